The second kappa shape index (κ2) is 6.86. The van der Waals surface area contributed by atoms with E-state index in [2.05, 4.69) is 28.8 Å². The van der Waals surface area contributed by atoms with Gasteiger partial charge in [0.2, 0.25) is 12.3 Å². The Morgan fingerprint density at radius 1 is 1.40 bits per heavy atom. The molecule has 5 heteroatoms. The molecule has 5 nitrogen and oxygen atoms in total. The SMILES string of the molecule is CN(CC(=O)NC=O)c1ccc(C2=CCNCC2)cc1. The van der Waals surface area contributed by atoms with Crippen LogP contribution in [0.15, 0.2) is 30.3 Å². The molecule has 0 atom stereocenters. The van der Waals surface area contributed by atoms with Crippen LogP contribution in [0.1, 0.15) is 12.0 Å². The number of carbonyl (C=O) groups is 2. The average molecular weight is 273 g/mol. The maximum atomic E-state index is 11.3. The van der Waals surface area contributed by atoms with Gasteiger partial charge < -0.3 is 10.2 Å². The van der Waals surface area contributed by atoms with Crippen LogP contribution in [0.3, 0.4) is 0 Å². The van der Waals surface area contributed by atoms with Crippen molar-refractivity contribution in [3.05, 3.63) is 35.9 Å². The first kappa shape index (κ1) is 14.3. The Labute approximate surface area is 118 Å². The predicted octanol–water partition coefficient (Wildman–Crippen LogP) is 0.772. The molecule has 0 radical (unpaired) electrons. The standard InChI is InChI=1S/C15H19N3O2/c1-18(10-15(20)17-11-19)14-4-2-12(3-5-14)13-6-8-16-9-7-13/h2-6,11,16H,7-10H2,1H3,(H,17,19,20). The highest BCUT2D eigenvalue weighted by Crippen LogP contribution is 2.22. The van der Waals surface area contributed by atoms with E-state index in [0.717, 1.165) is 25.2 Å². The Bertz CT molecular complexity index is 508. The molecule has 1 aromatic rings. The fraction of sp³-hybridized carbons (Fsp3) is 0.333. The lowest BCUT2D eigenvalue weighted by Gasteiger charge is -2.19. The van der Waals surface area contributed by atoms with Gasteiger partial charge in [-0.2, -0.15) is 0 Å². The van der Waals surface area contributed by atoms with Gasteiger partial charge in [-0.3, -0.25) is 14.9 Å². The fourth-order valence-corrected chi connectivity index (χ4v) is 2.23. The number of hydrogen-bond acceptors (Lipinski definition) is 4. The molecule has 1 heterocycles. The van der Waals surface area contributed by atoms with Crippen LogP contribution in [-0.4, -0.2) is 39.0 Å². The molecule has 0 spiro atoms. The minimum absolute atomic E-state index is 0.157. The van der Waals surface area contributed by atoms with Crippen LogP contribution in [-0.2, 0) is 9.59 Å². The molecule has 20 heavy (non-hydrogen) atoms. The van der Waals surface area contributed by atoms with E-state index in [4.69, 9.17) is 0 Å². The average Bonchev–Trinajstić information content (AvgIpc) is 2.48. The summed E-state index contributed by atoms with van der Waals surface area (Å²) in [5, 5.41) is 5.42. The molecule has 0 bridgehead atoms. The Hall–Kier alpha value is -2.14. The Morgan fingerprint density at radius 3 is 2.75 bits per heavy atom. The van der Waals surface area contributed by atoms with Crippen LogP contribution >= 0.6 is 0 Å². The van der Waals surface area contributed by atoms with Crippen molar-refractivity contribution in [2.75, 3.05) is 31.6 Å². The van der Waals surface area contributed by atoms with Crippen LogP contribution in [0.2, 0.25) is 0 Å². The number of imide groups is 1. The zero-order valence-electron chi connectivity index (χ0n) is 11.6. The van der Waals surface area contributed by atoms with Crippen LogP contribution < -0.4 is 15.5 Å². The molecule has 0 unspecified atom stereocenters. The van der Waals surface area contributed by atoms with E-state index >= 15 is 0 Å². The maximum Gasteiger partial charge on any atom is 0.245 e. The third kappa shape index (κ3) is 3.68. The lowest BCUT2D eigenvalue weighted by atomic mass is 10.00. The lowest BCUT2D eigenvalue weighted by molar-refractivity contribution is -0.124. The summed E-state index contributed by atoms with van der Waals surface area (Å²) in [6, 6.07) is 8.13. The van der Waals surface area contributed by atoms with Crippen molar-refractivity contribution < 1.29 is 9.59 Å². The normalized spacial score (nSPS) is 14.3. The van der Waals surface area contributed by atoms with Gasteiger partial charge >= 0.3 is 0 Å². The number of hydrogen-bond donors (Lipinski definition) is 2. The molecule has 0 saturated carbocycles. The van der Waals surface area contributed by atoms with E-state index < -0.39 is 0 Å². The summed E-state index contributed by atoms with van der Waals surface area (Å²) in [4.78, 5) is 23.3. The summed E-state index contributed by atoms with van der Waals surface area (Å²) >= 11 is 0. The largest absolute Gasteiger partial charge is 0.365 e. The summed E-state index contributed by atoms with van der Waals surface area (Å²) in [5.41, 5.74) is 3.53. The van der Waals surface area contributed by atoms with Crippen molar-refractivity contribution in [1.29, 1.82) is 0 Å². The van der Waals surface area contributed by atoms with Gasteiger partial charge in [-0.15, -0.1) is 0 Å². The van der Waals surface area contributed by atoms with Crippen LogP contribution in [0.5, 0.6) is 0 Å². The minimum atomic E-state index is -0.312. The van der Waals surface area contributed by atoms with Crippen molar-refractivity contribution in [2.45, 2.75) is 6.42 Å². The number of likely N-dealkylation sites (N-methyl/N-ethyl adjacent to an activating group) is 1. The Kier molecular flexibility index (Phi) is 4.90. The van der Waals surface area contributed by atoms with E-state index in [9.17, 15) is 9.59 Å². The van der Waals surface area contributed by atoms with Crippen LogP contribution in [0.25, 0.3) is 5.57 Å². The summed E-state index contributed by atoms with van der Waals surface area (Å²) in [6.45, 7) is 2.09. The van der Waals surface area contributed by atoms with Gasteiger partial charge in [0.15, 0.2) is 0 Å². The van der Waals surface area contributed by atoms with E-state index in [-0.39, 0.29) is 12.5 Å². The molecular formula is C15H19N3O2. The molecule has 2 rings (SSSR count). The molecule has 2 N–H and O–H groups in total. The topological polar surface area (TPSA) is 61.4 Å². The number of nitrogens with zero attached hydrogens (tertiary/aromatic N) is 1. The number of anilines is 1. The second-order valence-electron chi connectivity index (χ2n) is 4.77. The molecule has 2 amide bonds. The summed E-state index contributed by atoms with van der Waals surface area (Å²) < 4.78 is 0. The van der Waals surface area contributed by atoms with Gasteiger partial charge in [0.05, 0.1) is 6.54 Å². The summed E-state index contributed by atoms with van der Waals surface area (Å²) in [6.07, 6.45) is 3.65. The Morgan fingerprint density at radius 2 is 2.15 bits per heavy atom. The third-order valence-electron chi connectivity index (χ3n) is 3.34. The van der Waals surface area contributed by atoms with Gasteiger partial charge in [0.25, 0.3) is 0 Å². The van der Waals surface area contributed by atoms with Crippen molar-refractivity contribution in [2.24, 2.45) is 0 Å². The van der Waals surface area contributed by atoms with Crippen molar-refractivity contribution >= 4 is 23.6 Å². The van der Waals surface area contributed by atoms with Crippen molar-refractivity contribution in [1.82, 2.24) is 10.6 Å². The number of amides is 2. The smallest absolute Gasteiger partial charge is 0.245 e. The fourth-order valence-electron chi connectivity index (χ4n) is 2.23. The number of nitrogens with one attached hydrogen (secondary N) is 2. The Balaban J connectivity index is 2.02. The van der Waals surface area contributed by atoms with Gasteiger partial charge in [0, 0.05) is 19.3 Å². The molecule has 1 aliphatic heterocycles. The second-order valence-corrected chi connectivity index (χ2v) is 4.77. The monoisotopic (exact) mass is 273 g/mol. The van der Waals surface area contributed by atoms with Crippen molar-refractivity contribution in [3.63, 3.8) is 0 Å². The summed E-state index contributed by atoms with van der Waals surface area (Å²) in [5.74, 6) is -0.312. The number of benzene rings is 1. The first-order valence-corrected chi connectivity index (χ1v) is 6.65. The first-order chi connectivity index (χ1) is 9.70. The maximum absolute atomic E-state index is 11.3. The highest BCUT2D eigenvalue weighted by molar-refractivity contribution is 5.89. The molecule has 106 valence electrons. The lowest BCUT2D eigenvalue weighted by Crippen LogP contribution is -2.34. The van der Waals surface area contributed by atoms with Crippen LogP contribution in [0, 0.1) is 0 Å². The van der Waals surface area contributed by atoms with E-state index in [0.29, 0.717) is 6.41 Å². The van der Waals surface area contributed by atoms with E-state index in [1.165, 1.54) is 11.1 Å². The minimum Gasteiger partial charge on any atom is -0.365 e. The number of carbonyl (C=O) groups excluding carboxylic acids is 2. The van der Waals surface area contributed by atoms with Gasteiger partial charge in [-0.05, 0) is 36.2 Å². The zero-order valence-corrected chi connectivity index (χ0v) is 11.6. The molecule has 0 saturated heterocycles. The van der Waals surface area contributed by atoms with Crippen LogP contribution in [0.4, 0.5) is 5.69 Å². The van der Waals surface area contributed by atoms with Gasteiger partial charge in [-0.1, -0.05) is 18.2 Å². The quantitative estimate of drug-likeness (QED) is 0.778. The third-order valence-corrected chi connectivity index (χ3v) is 3.34. The molecule has 0 fully saturated rings. The van der Waals surface area contributed by atoms with Crippen molar-refractivity contribution in [3.8, 4) is 0 Å². The highest BCUT2D eigenvalue weighted by atomic mass is 16.2. The molecule has 0 aromatic heterocycles. The zero-order chi connectivity index (χ0) is 14.4. The molecule has 1 aliphatic rings. The van der Waals surface area contributed by atoms with Gasteiger partial charge in [0.1, 0.15) is 0 Å². The first-order valence-electron chi connectivity index (χ1n) is 6.65. The van der Waals surface area contributed by atoms with Gasteiger partial charge in [-0.25, -0.2) is 0 Å². The predicted molar refractivity (Wildman–Crippen MR) is 79.4 cm³/mol. The molecule has 1 aromatic carbocycles. The van der Waals surface area contributed by atoms with E-state index in [1.807, 2.05) is 19.2 Å². The molecule has 0 aliphatic carbocycles. The molecular weight excluding hydrogens is 254 g/mol. The highest BCUT2D eigenvalue weighted by Gasteiger charge is 2.09. The summed E-state index contributed by atoms with van der Waals surface area (Å²) in [7, 11) is 1.82. The number of rotatable bonds is 5. The van der Waals surface area contributed by atoms with E-state index in [1.54, 1.807) is 4.90 Å².